The number of amides is 1. The van der Waals surface area contributed by atoms with E-state index in [0.717, 1.165) is 16.0 Å². The summed E-state index contributed by atoms with van der Waals surface area (Å²) in [6.45, 7) is 2.73. The number of anilines is 1. The van der Waals surface area contributed by atoms with E-state index in [2.05, 4.69) is 5.32 Å². The van der Waals surface area contributed by atoms with Crippen molar-refractivity contribution >= 4 is 17.3 Å². The van der Waals surface area contributed by atoms with Gasteiger partial charge in [0.15, 0.2) is 18.0 Å². The summed E-state index contributed by atoms with van der Waals surface area (Å²) < 4.78 is 10.6. The first-order valence-corrected chi connectivity index (χ1v) is 8.41. The quantitative estimate of drug-likeness (QED) is 0.540. The van der Waals surface area contributed by atoms with Crippen molar-refractivity contribution in [1.29, 1.82) is 0 Å². The lowest BCUT2D eigenvalue weighted by molar-refractivity contribution is -0.885. The summed E-state index contributed by atoms with van der Waals surface area (Å²) in [5, 5.41) is 13.7. The van der Waals surface area contributed by atoms with Crippen LogP contribution in [0.5, 0.6) is 11.5 Å². The maximum Gasteiger partial charge on any atom is 0.292 e. The first-order valence-electron chi connectivity index (χ1n) is 8.41. The highest BCUT2D eigenvalue weighted by molar-refractivity contribution is 5.93. The van der Waals surface area contributed by atoms with Gasteiger partial charge in [-0.3, -0.25) is 14.9 Å². The van der Waals surface area contributed by atoms with Crippen LogP contribution in [0.2, 0.25) is 0 Å². The van der Waals surface area contributed by atoms with Crippen LogP contribution in [0, 0.1) is 17.0 Å². The van der Waals surface area contributed by atoms with Crippen molar-refractivity contribution in [3.05, 3.63) is 57.6 Å². The number of methoxy groups -OCH3 is 2. The molecule has 2 N–H and O–H groups in total. The van der Waals surface area contributed by atoms with Crippen LogP contribution >= 0.6 is 0 Å². The van der Waals surface area contributed by atoms with Gasteiger partial charge in [-0.2, -0.15) is 0 Å². The van der Waals surface area contributed by atoms with Crippen LogP contribution in [-0.4, -0.2) is 38.6 Å². The second-order valence-electron chi connectivity index (χ2n) is 6.27. The molecule has 2 aromatic carbocycles. The van der Waals surface area contributed by atoms with Gasteiger partial charge >= 0.3 is 0 Å². The molecule has 1 unspecified atom stereocenters. The van der Waals surface area contributed by atoms with Gasteiger partial charge in [0.1, 0.15) is 12.2 Å². The van der Waals surface area contributed by atoms with Crippen molar-refractivity contribution in [3.63, 3.8) is 0 Å². The van der Waals surface area contributed by atoms with E-state index in [1.807, 2.05) is 26.1 Å². The highest BCUT2D eigenvalue weighted by Gasteiger charge is 2.18. The number of carbonyl (C=O) groups is 1. The lowest BCUT2D eigenvalue weighted by Crippen LogP contribution is -3.08. The molecule has 0 spiro atoms. The van der Waals surface area contributed by atoms with Crippen LogP contribution in [0.15, 0.2) is 36.4 Å². The van der Waals surface area contributed by atoms with E-state index in [0.29, 0.717) is 18.0 Å². The molecule has 0 bridgehead atoms. The Hall–Kier alpha value is -3.13. The maximum atomic E-state index is 12.3. The summed E-state index contributed by atoms with van der Waals surface area (Å²) in [5.74, 6) is 1.00. The Bertz CT molecular complexity index is 838. The van der Waals surface area contributed by atoms with E-state index in [-0.39, 0.29) is 23.8 Å². The molecule has 0 radical (unpaired) electrons. The zero-order chi connectivity index (χ0) is 20.0. The number of rotatable bonds is 8. The molecule has 0 saturated heterocycles. The van der Waals surface area contributed by atoms with Gasteiger partial charge in [-0.1, -0.05) is 12.1 Å². The number of hydrogen-bond acceptors (Lipinski definition) is 5. The Balaban J connectivity index is 2.05. The molecule has 0 heterocycles. The molecule has 0 fully saturated rings. The van der Waals surface area contributed by atoms with E-state index in [9.17, 15) is 14.9 Å². The second kappa shape index (κ2) is 9.00. The third-order valence-corrected chi connectivity index (χ3v) is 4.17. The molecule has 1 atom stereocenters. The average Bonchev–Trinajstić information content (AvgIpc) is 2.63. The number of nitro groups is 1. The molecule has 0 aliphatic carbocycles. The van der Waals surface area contributed by atoms with Crippen LogP contribution in [0.4, 0.5) is 11.4 Å². The molecule has 2 aromatic rings. The number of carbonyl (C=O) groups excluding carboxylic acids is 1. The van der Waals surface area contributed by atoms with Crippen LogP contribution in [0.1, 0.15) is 11.1 Å². The third kappa shape index (κ3) is 5.18. The summed E-state index contributed by atoms with van der Waals surface area (Å²) in [4.78, 5) is 23.8. The first-order chi connectivity index (χ1) is 12.8. The summed E-state index contributed by atoms with van der Waals surface area (Å²) >= 11 is 0. The standard InChI is InChI=1S/C19H23N3O5/c1-13-9-17(26-3)18(27-4)10-14(13)11-21(2)12-19(23)20-15-7-5-6-8-16(15)22(24)25/h5-10H,11-12H2,1-4H3,(H,20,23)/p+1. The minimum Gasteiger partial charge on any atom is -0.493 e. The number of ether oxygens (including phenoxy) is 2. The number of nitrogens with one attached hydrogen (secondary N) is 2. The van der Waals surface area contributed by atoms with Gasteiger partial charge in [-0.05, 0) is 30.7 Å². The summed E-state index contributed by atoms with van der Waals surface area (Å²) in [5.41, 5.74) is 2.14. The van der Waals surface area contributed by atoms with Gasteiger partial charge in [0.25, 0.3) is 11.6 Å². The fourth-order valence-corrected chi connectivity index (χ4v) is 2.81. The van der Waals surface area contributed by atoms with E-state index in [1.165, 1.54) is 12.1 Å². The summed E-state index contributed by atoms with van der Waals surface area (Å²) in [7, 11) is 5.05. The van der Waals surface area contributed by atoms with Crippen molar-refractivity contribution < 1.29 is 24.1 Å². The number of likely N-dealkylation sites (N-methyl/N-ethyl adjacent to an activating group) is 1. The molecule has 8 nitrogen and oxygen atoms in total. The molecular weight excluding hydrogens is 350 g/mol. The fraction of sp³-hybridized carbons (Fsp3) is 0.316. The number of nitro benzene ring substituents is 1. The van der Waals surface area contributed by atoms with Gasteiger partial charge in [0, 0.05) is 11.6 Å². The molecule has 0 aromatic heterocycles. The lowest BCUT2D eigenvalue weighted by atomic mass is 10.1. The van der Waals surface area contributed by atoms with E-state index >= 15 is 0 Å². The molecule has 0 aliphatic rings. The molecule has 27 heavy (non-hydrogen) atoms. The zero-order valence-corrected chi connectivity index (χ0v) is 15.9. The summed E-state index contributed by atoms with van der Waals surface area (Å²) in [6.07, 6.45) is 0. The first kappa shape index (κ1) is 20.2. The van der Waals surface area contributed by atoms with E-state index in [4.69, 9.17) is 9.47 Å². The molecule has 0 saturated carbocycles. The molecule has 1 amide bonds. The van der Waals surface area contributed by atoms with Crippen LogP contribution < -0.4 is 19.7 Å². The van der Waals surface area contributed by atoms with Gasteiger partial charge in [0.2, 0.25) is 0 Å². The largest absolute Gasteiger partial charge is 0.493 e. The van der Waals surface area contributed by atoms with Gasteiger partial charge in [-0.25, -0.2) is 0 Å². The molecule has 2 rings (SSSR count). The predicted octanol–water partition coefficient (Wildman–Crippen LogP) is 1.57. The summed E-state index contributed by atoms with van der Waals surface area (Å²) in [6, 6.07) is 9.88. The predicted molar refractivity (Wildman–Crippen MR) is 101 cm³/mol. The van der Waals surface area contributed by atoms with Crippen molar-refractivity contribution in [2.75, 3.05) is 33.1 Å². The monoisotopic (exact) mass is 374 g/mol. The number of hydrogen-bond donors (Lipinski definition) is 2. The van der Waals surface area contributed by atoms with Crippen LogP contribution in [0.25, 0.3) is 0 Å². The number of nitrogens with zero attached hydrogens (tertiary/aromatic N) is 1. The minimum atomic E-state index is -0.515. The van der Waals surface area contributed by atoms with Gasteiger partial charge in [-0.15, -0.1) is 0 Å². The van der Waals surface area contributed by atoms with Crippen LogP contribution in [0.3, 0.4) is 0 Å². The second-order valence-corrected chi connectivity index (χ2v) is 6.27. The van der Waals surface area contributed by atoms with Crippen molar-refractivity contribution in [1.82, 2.24) is 0 Å². The van der Waals surface area contributed by atoms with Crippen molar-refractivity contribution in [2.24, 2.45) is 0 Å². The maximum absolute atomic E-state index is 12.3. The number of quaternary nitrogens is 1. The zero-order valence-electron chi connectivity index (χ0n) is 15.9. The number of aryl methyl sites for hydroxylation is 1. The SMILES string of the molecule is COc1cc(C)c(C[NH+](C)CC(=O)Nc2ccccc2[N+](=O)[O-])cc1OC. The van der Waals surface area contributed by atoms with Gasteiger partial charge < -0.3 is 19.7 Å². The Morgan fingerprint density at radius 3 is 2.44 bits per heavy atom. The molecular formula is C19H24N3O5+. The minimum absolute atomic E-state index is 0.126. The van der Waals surface area contributed by atoms with E-state index in [1.54, 1.807) is 26.4 Å². The number of para-hydroxylation sites is 2. The third-order valence-electron chi connectivity index (χ3n) is 4.17. The average molecular weight is 374 g/mol. The number of benzene rings is 2. The van der Waals surface area contributed by atoms with Crippen molar-refractivity contribution in [3.8, 4) is 11.5 Å². The lowest BCUT2D eigenvalue weighted by Gasteiger charge is -2.17. The van der Waals surface area contributed by atoms with Crippen LogP contribution in [-0.2, 0) is 11.3 Å². The Morgan fingerprint density at radius 1 is 1.19 bits per heavy atom. The smallest absolute Gasteiger partial charge is 0.292 e. The van der Waals surface area contributed by atoms with Gasteiger partial charge in [0.05, 0.1) is 26.2 Å². The van der Waals surface area contributed by atoms with Crippen molar-refractivity contribution in [2.45, 2.75) is 13.5 Å². The molecule has 0 aliphatic heterocycles. The Morgan fingerprint density at radius 2 is 1.81 bits per heavy atom. The highest BCUT2D eigenvalue weighted by atomic mass is 16.6. The fourth-order valence-electron chi connectivity index (χ4n) is 2.81. The molecule has 8 heteroatoms. The topological polar surface area (TPSA) is 95.1 Å². The van der Waals surface area contributed by atoms with E-state index < -0.39 is 4.92 Å². The normalized spacial score (nSPS) is 11.6. The Kier molecular flexibility index (Phi) is 6.73. The molecule has 144 valence electrons. The highest BCUT2D eigenvalue weighted by Crippen LogP contribution is 2.29. The Labute approximate surface area is 157 Å².